The molecule has 0 aliphatic heterocycles. The molecule has 0 N–H and O–H groups in total. The summed E-state index contributed by atoms with van der Waals surface area (Å²) in [4.78, 5) is 14.1. The van der Waals surface area contributed by atoms with Crippen molar-refractivity contribution < 1.29 is 9.21 Å². The van der Waals surface area contributed by atoms with Gasteiger partial charge in [0.05, 0.1) is 23.9 Å². The fourth-order valence-corrected chi connectivity index (χ4v) is 2.15. The van der Waals surface area contributed by atoms with E-state index in [1.54, 1.807) is 29.2 Å². The van der Waals surface area contributed by atoms with Gasteiger partial charge in [-0.3, -0.25) is 4.79 Å². The van der Waals surface area contributed by atoms with Crippen LogP contribution in [0.25, 0.3) is 0 Å². The van der Waals surface area contributed by atoms with Gasteiger partial charge in [0.2, 0.25) is 0 Å². The molecule has 0 saturated heterocycles. The molecule has 102 valence electrons. The summed E-state index contributed by atoms with van der Waals surface area (Å²) in [5.74, 6) is 0.210. The summed E-state index contributed by atoms with van der Waals surface area (Å²) in [6.45, 7) is 4.48. The fourth-order valence-electron chi connectivity index (χ4n) is 2.15. The van der Waals surface area contributed by atoms with Gasteiger partial charge in [-0.25, -0.2) is 0 Å². The van der Waals surface area contributed by atoms with E-state index in [1.165, 1.54) is 6.26 Å². The van der Waals surface area contributed by atoms with Gasteiger partial charge in [0.25, 0.3) is 5.91 Å². The average molecular weight is 268 g/mol. The zero-order valence-corrected chi connectivity index (χ0v) is 11.5. The molecule has 1 amide bonds. The molecule has 0 bridgehead atoms. The number of amides is 1. The van der Waals surface area contributed by atoms with E-state index in [9.17, 15) is 4.79 Å². The van der Waals surface area contributed by atoms with Crippen LogP contribution >= 0.6 is 0 Å². The molecular formula is C16H16N2O2. The first-order valence-electron chi connectivity index (χ1n) is 6.52. The third-order valence-electron chi connectivity index (χ3n) is 3.32. The van der Waals surface area contributed by atoms with E-state index in [0.29, 0.717) is 17.9 Å². The Hall–Kier alpha value is -2.54. The third kappa shape index (κ3) is 2.72. The molecule has 4 heteroatoms. The van der Waals surface area contributed by atoms with Gasteiger partial charge >= 0.3 is 0 Å². The van der Waals surface area contributed by atoms with Gasteiger partial charge in [-0.15, -0.1) is 0 Å². The number of nitriles is 1. The highest BCUT2D eigenvalue weighted by Crippen LogP contribution is 2.22. The third-order valence-corrected chi connectivity index (χ3v) is 3.32. The molecule has 0 fully saturated rings. The Labute approximate surface area is 118 Å². The van der Waals surface area contributed by atoms with Crippen LogP contribution in [0.1, 0.15) is 41.6 Å². The van der Waals surface area contributed by atoms with Crippen molar-refractivity contribution >= 4 is 5.91 Å². The maximum atomic E-state index is 12.4. The van der Waals surface area contributed by atoms with Crippen molar-refractivity contribution in [3.63, 3.8) is 0 Å². The first kappa shape index (κ1) is 13.9. The van der Waals surface area contributed by atoms with E-state index in [4.69, 9.17) is 9.68 Å². The minimum atomic E-state index is -0.130. The fraction of sp³-hybridized carbons (Fsp3) is 0.250. The molecule has 1 atom stereocenters. The summed E-state index contributed by atoms with van der Waals surface area (Å²) in [7, 11) is 0. The van der Waals surface area contributed by atoms with Crippen molar-refractivity contribution in [3.8, 4) is 6.07 Å². The maximum Gasteiger partial charge on any atom is 0.290 e. The van der Waals surface area contributed by atoms with Crippen molar-refractivity contribution in [2.24, 2.45) is 0 Å². The summed E-state index contributed by atoms with van der Waals surface area (Å²) in [6, 6.07) is 12.6. The number of carbonyl (C=O) groups is 1. The predicted octanol–water partition coefficient (Wildman–Crippen LogP) is 3.37. The second-order valence-corrected chi connectivity index (χ2v) is 4.48. The van der Waals surface area contributed by atoms with E-state index in [-0.39, 0.29) is 11.9 Å². The highest BCUT2D eigenvalue weighted by Gasteiger charge is 2.22. The van der Waals surface area contributed by atoms with Crippen LogP contribution in [-0.4, -0.2) is 17.4 Å². The van der Waals surface area contributed by atoms with Crippen LogP contribution in [0, 0.1) is 11.3 Å². The van der Waals surface area contributed by atoms with Gasteiger partial charge in [-0.2, -0.15) is 5.26 Å². The van der Waals surface area contributed by atoms with Crippen molar-refractivity contribution in [2.75, 3.05) is 6.54 Å². The summed E-state index contributed by atoms with van der Waals surface area (Å²) < 4.78 is 5.17. The first-order valence-corrected chi connectivity index (χ1v) is 6.52. The number of benzene rings is 1. The Morgan fingerprint density at radius 1 is 1.35 bits per heavy atom. The topological polar surface area (TPSA) is 57.2 Å². The smallest absolute Gasteiger partial charge is 0.290 e. The molecule has 4 nitrogen and oxygen atoms in total. The molecule has 0 aliphatic carbocycles. The standard InChI is InChI=1S/C16H16N2O2/c1-3-18(16(19)15-5-4-10-20-15)12(2)14-8-6-13(11-17)7-9-14/h4-10,12H,3H2,1-2H3. The Morgan fingerprint density at radius 3 is 2.55 bits per heavy atom. The molecule has 0 radical (unpaired) electrons. The van der Waals surface area contributed by atoms with E-state index in [1.807, 2.05) is 26.0 Å². The maximum absolute atomic E-state index is 12.4. The lowest BCUT2D eigenvalue weighted by Gasteiger charge is -2.27. The number of nitrogens with zero attached hydrogens (tertiary/aromatic N) is 2. The molecule has 1 aromatic carbocycles. The van der Waals surface area contributed by atoms with Crippen molar-refractivity contribution in [1.82, 2.24) is 4.90 Å². The van der Waals surface area contributed by atoms with E-state index in [2.05, 4.69) is 6.07 Å². The van der Waals surface area contributed by atoms with Crippen molar-refractivity contribution in [2.45, 2.75) is 19.9 Å². The largest absolute Gasteiger partial charge is 0.459 e. The molecule has 2 aromatic rings. The van der Waals surface area contributed by atoms with Crippen molar-refractivity contribution in [3.05, 3.63) is 59.5 Å². The molecule has 1 unspecified atom stereocenters. The Balaban J connectivity index is 2.22. The first-order chi connectivity index (χ1) is 9.67. The summed E-state index contributed by atoms with van der Waals surface area (Å²) in [5, 5.41) is 8.81. The molecule has 0 spiro atoms. The van der Waals surface area contributed by atoms with Gasteiger partial charge in [0.15, 0.2) is 5.76 Å². The minimum Gasteiger partial charge on any atom is -0.459 e. The monoisotopic (exact) mass is 268 g/mol. The molecule has 20 heavy (non-hydrogen) atoms. The lowest BCUT2D eigenvalue weighted by Crippen LogP contribution is -2.33. The number of carbonyl (C=O) groups excluding carboxylic acids is 1. The summed E-state index contributed by atoms with van der Waals surface area (Å²) in [5.41, 5.74) is 1.60. The highest BCUT2D eigenvalue weighted by atomic mass is 16.3. The van der Waals surface area contributed by atoms with Crippen LogP contribution in [0.2, 0.25) is 0 Å². The van der Waals surface area contributed by atoms with Gasteiger partial charge in [-0.05, 0) is 43.7 Å². The zero-order valence-electron chi connectivity index (χ0n) is 11.5. The molecule has 1 heterocycles. The SMILES string of the molecule is CCN(C(=O)c1ccco1)C(C)c1ccc(C#N)cc1. The lowest BCUT2D eigenvalue weighted by atomic mass is 10.0. The van der Waals surface area contributed by atoms with E-state index >= 15 is 0 Å². The normalized spacial score (nSPS) is 11.7. The molecular weight excluding hydrogens is 252 g/mol. The Morgan fingerprint density at radius 2 is 2.05 bits per heavy atom. The quantitative estimate of drug-likeness (QED) is 0.854. The van der Waals surface area contributed by atoms with Crippen LogP contribution < -0.4 is 0 Å². The van der Waals surface area contributed by atoms with Crippen LogP contribution in [0.5, 0.6) is 0 Å². The number of rotatable bonds is 4. The van der Waals surface area contributed by atoms with E-state index < -0.39 is 0 Å². The number of hydrogen-bond acceptors (Lipinski definition) is 3. The number of hydrogen-bond donors (Lipinski definition) is 0. The summed E-state index contributed by atoms with van der Waals surface area (Å²) in [6.07, 6.45) is 1.49. The van der Waals surface area contributed by atoms with Gasteiger partial charge < -0.3 is 9.32 Å². The molecule has 0 saturated carbocycles. The molecule has 1 aromatic heterocycles. The van der Waals surface area contributed by atoms with Gasteiger partial charge in [0.1, 0.15) is 0 Å². The second kappa shape index (κ2) is 6.07. The van der Waals surface area contributed by atoms with Crippen LogP contribution in [0.3, 0.4) is 0 Å². The van der Waals surface area contributed by atoms with Crippen LogP contribution in [0.15, 0.2) is 47.1 Å². The average Bonchev–Trinajstić information content (AvgIpc) is 3.02. The predicted molar refractivity (Wildman–Crippen MR) is 75.0 cm³/mol. The highest BCUT2D eigenvalue weighted by molar-refractivity contribution is 5.91. The lowest BCUT2D eigenvalue weighted by molar-refractivity contribution is 0.0669. The van der Waals surface area contributed by atoms with Crippen LogP contribution in [-0.2, 0) is 0 Å². The van der Waals surface area contributed by atoms with E-state index in [0.717, 1.165) is 5.56 Å². The minimum absolute atomic E-state index is 0.0784. The number of furan rings is 1. The zero-order chi connectivity index (χ0) is 14.5. The van der Waals surface area contributed by atoms with Crippen molar-refractivity contribution in [1.29, 1.82) is 5.26 Å². The molecule has 0 aliphatic rings. The second-order valence-electron chi connectivity index (χ2n) is 4.48. The molecule has 2 rings (SSSR count). The van der Waals surface area contributed by atoms with Gasteiger partial charge in [0, 0.05) is 6.54 Å². The Kier molecular flexibility index (Phi) is 4.21. The Bertz CT molecular complexity index is 609. The summed E-state index contributed by atoms with van der Waals surface area (Å²) >= 11 is 0. The van der Waals surface area contributed by atoms with Crippen LogP contribution in [0.4, 0.5) is 0 Å². The van der Waals surface area contributed by atoms with Gasteiger partial charge in [-0.1, -0.05) is 12.1 Å².